The van der Waals surface area contributed by atoms with Crippen LogP contribution >= 0.6 is 23.4 Å². The maximum Gasteiger partial charge on any atom is 0.410 e. The van der Waals surface area contributed by atoms with Gasteiger partial charge in [0.2, 0.25) is 0 Å². The number of fused-ring (bicyclic) bond motifs is 1. The number of alkyl halides is 3. The number of carbonyl (C=O) groups excluding carboxylic acids is 1. The number of rotatable bonds is 4. The Labute approximate surface area is 192 Å². The minimum atomic E-state index is -4.58. The number of hydrogen-bond acceptors (Lipinski definition) is 6. The Bertz CT molecular complexity index is 1010. The predicted molar refractivity (Wildman–Crippen MR) is 116 cm³/mol. The molecular formula is C20H22ClF3N4O3S. The number of amides is 1. The normalized spacial score (nSPS) is 21.0. The first-order chi connectivity index (χ1) is 15.2. The van der Waals surface area contributed by atoms with Crippen molar-refractivity contribution < 1.29 is 27.4 Å². The summed E-state index contributed by atoms with van der Waals surface area (Å²) in [6.45, 7) is 1.01. The van der Waals surface area contributed by atoms with Crippen LogP contribution in [0.5, 0.6) is 11.5 Å². The summed E-state index contributed by atoms with van der Waals surface area (Å²) in [7, 11) is 2.94. The average molecular weight is 491 g/mol. The van der Waals surface area contributed by atoms with Crippen LogP contribution < -0.4 is 14.8 Å². The van der Waals surface area contributed by atoms with Gasteiger partial charge in [0.25, 0.3) is 5.91 Å². The Morgan fingerprint density at radius 2 is 1.91 bits per heavy atom. The van der Waals surface area contributed by atoms with Crippen LogP contribution in [-0.4, -0.2) is 65.6 Å². The van der Waals surface area contributed by atoms with Gasteiger partial charge in [-0.25, -0.2) is 4.68 Å². The summed E-state index contributed by atoms with van der Waals surface area (Å²) in [5.41, 5.74) is 0.407. The summed E-state index contributed by atoms with van der Waals surface area (Å²) < 4.78 is 53.3. The fraction of sp³-hybridized carbons (Fsp3) is 0.500. The van der Waals surface area contributed by atoms with E-state index < -0.39 is 24.2 Å². The Balaban J connectivity index is 1.72. The lowest BCUT2D eigenvalue weighted by molar-refractivity contribution is -0.173. The SMILES string of the molecule is COc1ccc([C@H]2C[C@@H](C(F)(F)F)n3nc(C(=O)N4CCSCC4)c(Cl)c3N2)cc1OC. The summed E-state index contributed by atoms with van der Waals surface area (Å²) >= 11 is 8.14. The van der Waals surface area contributed by atoms with Gasteiger partial charge < -0.3 is 19.7 Å². The van der Waals surface area contributed by atoms with Crippen LogP contribution in [0.2, 0.25) is 5.02 Å². The number of carbonyl (C=O) groups is 1. The van der Waals surface area contributed by atoms with Crippen molar-refractivity contribution >= 4 is 35.1 Å². The number of halogens is 4. The van der Waals surface area contributed by atoms with Gasteiger partial charge in [0.05, 0.1) is 20.3 Å². The minimum Gasteiger partial charge on any atom is -0.493 e. The van der Waals surface area contributed by atoms with Crippen LogP contribution in [-0.2, 0) is 0 Å². The Morgan fingerprint density at radius 3 is 2.53 bits per heavy atom. The predicted octanol–water partition coefficient (Wildman–Crippen LogP) is 4.40. The van der Waals surface area contributed by atoms with E-state index >= 15 is 0 Å². The Morgan fingerprint density at radius 1 is 1.22 bits per heavy atom. The van der Waals surface area contributed by atoms with Gasteiger partial charge >= 0.3 is 6.18 Å². The first kappa shape index (κ1) is 22.9. The number of benzene rings is 1. The molecule has 1 amide bonds. The monoisotopic (exact) mass is 490 g/mol. The van der Waals surface area contributed by atoms with Crippen LogP contribution in [0.1, 0.15) is 34.6 Å². The van der Waals surface area contributed by atoms with Crippen molar-refractivity contribution in [2.24, 2.45) is 0 Å². The Kier molecular flexibility index (Phi) is 6.39. The highest BCUT2D eigenvalue weighted by atomic mass is 35.5. The highest BCUT2D eigenvalue weighted by molar-refractivity contribution is 7.99. The number of ether oxygens (including phenoxy) is 2. The Hall–Kier alpha value is -2.27. The van der Waals surface area contributed by atoms with E-state index in [0.717, 1.165) is 16.2 Å². The summed E-state index contributed by atoms with van der Waals surface area (Å²) in [5.74, 6) is 1.93. The number of anilines is 1. The standard InChI is InChI=1S/C20H22ClF3N4O3S/c1-30-13-4-3-11(9-14(13)31-2)12-10-15(20(22,23)24)28-18(25-12)16(21)17(26-28)19(29)27-5-7-32-8-6-27/h3-4,9,12,15,25H,5-8,10H2,1-2H3/t12-,15+/m1/s1. The zero-order valence-corrected chi connectivity index (χ0v) is 19.0. The van der Waals surface area contributed by atoms with Crippen LogP contribution in [0.15, 0.2) is 18.2 Å². The third kappa shape index (κ3) is 4.19. The molecule has 1 N–H and O–H groups in total. The van der Waals surface area contributed by atoms with Crippen molar-refractivity contribution in [3.05, 3.63) is 34.5 Å². The zero-order valence-electron chi connectivity index (χ0n) is 17.4. The molecular weight excluding hydrogens is 469 g/mol. The molecule has 2 aliphatic heterocycles. The summed E-state index contributed by atoms with van der Waals surface area (Å²) in [5, 5.41) is 6.97. The molecule has 0 saturated carbocycles. The molecule has 12 heteroatoms. The lowest BCUT2D eigenvalue weighted by Gasteiger charge is -2.33. The lowest BCUT2D eigenvalue weighted by atomic mass is 9.96. The number of hydrogen-bond donors (Lipinski definition) is 1. The summed E-state index contributed by atoms with van der Waals surface area (Å²) in [4.78, 5) is 14.5. The maximum absolute atomic E-state index is 14.0. The fourth-order valence-electron chi connectivity index (χ4n) is 3.93. The third-order valence-corrected chi connectivity index (χ3v) is 6.91. The first-order valence-corrected chi connectivity index (χ1v) is 11.5. The van der Waals surface area contributed by atoms with E-state index in [-0.39, 0.29) is 23.0 Å². The molecule has 2 aromatic rings. The van der Waals surface area contributed by atoms with Crippen LogP contribution in [0, 0.1) is 0 Å². The zero-order chi connectivity index (χ0) is 23.0. The van der Waals surface area contributed by atoms with Crippen molar-refractivity contribution in [2.45, 2.75) is 24.7 Å². The van der Waals surface area contributed by atoms with Gasteiger partial charge in [-0.2, -0.15) is 30.0 Å². The number of aromatic nitrogens is 2. The minimum absolute atomic E-state index is 0.0187. The van der Waals surface area contributed by atoms with Crippen molar-refractivity contribution in [2.75, 3.05) is 44.1 Å². The molecule has 1 fully saturated rings. The second-order valence-corrected chi connectivity index (χ2v) is 9.07. The van der Waals surface area contributed by atoms with Crippen molar-refractivity contribution in [3.63, 3.8) is 0 Å². The topological polar surface area (TPSA) is 68.6 Å². The van der Waals surface area contributed by atoms with Crippen molar-refractivity contribution in [3.8, 4) is 11.5 Å². The van der Waals surface area contributed by atoms with Gasteiger partial charge in [0.1, 0.15) is 10.8 Å². The molecule has 32 heavy (non-hydrogen) atoms. The highest BCUT2D eigenvalue weighted by Crippen LogP contribution is 2.47. The molecule has 4 rings (SSSR count). The summed E-state index contributed by atoms with van der Waals surface area (Å²) in [6.07, 6.45) is -4.90. The lowest BCUT2D eigenvalue weighted by Crippen LogP contribution is -2.38. The molecule has 0 unspecified atom stereocenters. The first-order valence-electron chi connectivity index (χ1n) is 9.94. The molecule has 1 saturated heterocycles. The molecule has 0 radical (unpaired) electrons. The van der Waals surface area contributed by atoms with Gasteiger partial charge in [-0.1, -0.05) is 17.7 Å². The van der Waals surface area contributed by atoms with Gasteiger partial charge in [-0.15, -0.1) is 0 Å². The van der Waals surface area contributed by atoms with E-state index in [2.05, 4.69) is 10.4 Å². The van der Waals surface area contributed by atoms with Crippen molar-refractivity contribution in [1.29, 1.82) is 0 Å². The van der Waals surface area contributed by atoms with Crippen LogP contribution in [0.25, 0.3) is 0 Å². The van der Waals surface area contributed by atoms with Crippen molar-refractivity contribution in [1.82, 2.24) is 14.7 Å². The quantitative estimate of drug-likeness (QED) is 0.685. The van der Waals surface area contributed by atoms with Gasteiger partial charge in [-0.3, -0.25) is 4.79 Å². The molecule has 2 aliphatic rings. The molecule has 0 bridgehead atoms. The maximum atomic E-state index is 14.0. The van der Waals surface area contributed by atoms with Crippen LogP contribution in [0.3, 0.4) is 0 Å². The number of nitrogens with zero attached hydrogens (tertiary/aromatic N) is 3. The van der Waals surface area contributed by atoms with Gasteiger partial charge in [0, 0.05) is 31.0 Å². The number of methoxy groups -OCH3 is 2. The molecule has 174 valence electrons. The highest BCUT2D eigenvalue weighted by Gasteiger charge is 2.48. The molecule has 1 aromatic heterocycles. The smallest absolute Gasteiger partial charge is 0.410 e. The molecule has 3 heterocycles. The molecule has 7 nitrogen and oxygen atoms in total. The van der Waals surface area contributed by atoms with Crippen LogP contribution in [0.4, 0.5) is 19.0 Å². The second kappa shape index (κ2) is 8.93. The number of nitrogens with one attached hydrogen (secondary N) is 1. The van der Waals surface area contributed by atoms with Gasteiger partial charge in [-0.05, 0) is 17.7 Å². The van der Waals surface area contributed by atoms with E-state index in [0.29, 0.717) is 30.2 Å². The molecule has 0 spiro atoms. The van der Waals surface area contributed by atoms with E-state index in [1.54, 1.807) is 34.9 Å². The second-order valence-electron chi connectivity index (χ2n) is 7.46. The van der Waals surface area contributed by atoms with Gasteiger partial charge in [0.15, 0.2) is 23.2 Å². The number of thioether (sulfide) groups is 1. The molecule has 1 aromatic carbocycles. The average Bonchev–Trinajstić information content (AvgIpc) is 3.13. The third-order valence-electron chi connectivity index (χ3n) is 5.61. The molecule has 0 aliphatic carbocycles. The van der Waals surface area contributed by atoms with E-state index in [4.69, 9.17) is 21.1 Å². The summed E-state index contributed by atoms with van der Waals surface area (Å²) in [6, 6.07) is 2.27. The van der Waals surface area contributed by atoms with E-state index in [1.165, 1.54) is 14.2 Å². The van der Waals surface area contributed by atoms with E-state index in [1.807, 2.05) is 0 Å². The van der Waals surface area contributed by atoms with E-state index in [9.17, 15) is 18.0 Å². The fourth-order valence-corrected chi connectivity index (χ4v) is 5.09. The molecule has 2 atom stereocenters. The largest absolute Gasteiger partial charge is 0.493 e.